The van der Waals surface area contributed by atoms with E-state index in [1.54, 1.807) is 42.5 Å². The SMILES string of the molecule is CCCOc1ccccc1C(=O)NN=Cc1cccc(O)c1. The highest BCUT2D eigenvalue weighted by Gasteiger charge is 2.10. The zero-order chi connectivity index (χ0) is 15.8. The van der Waals surface area contributed by atoms with Crippen LogP contribution in [0.1, 0.15) is 29.3 Å². The van der Waals surface area contributed by atoms with Crippen LogP contribution in [0.5, 0.6) is 11.5 Å². The molecule has 0 bridgehead atoms. The smallest absolute Gasteiger partial charge is 0.275 e. The Morgan fingerprint density at radius 1 is 1.27 bits per heavy atom. The molecule has 0 aromatic heterocycles. The van der Waals surface area contributed by atoms with Gasteiger partial charge in [0.05, 0.1) is 18.4 Å². The monoisotopic (exact) mass is 298 g/mol. The average molecular weight is 298 g/mol. The Labute approximate surface area is 129 Å². The van der Waals surface area contributed by atoms with Crippen molar-refractivity contribution in [3.05, 3.63) is 59.7 Å². The molecule has 0 radical (unpaired) electrons. The van der Waals surface area contributed by atoms with E-state index in [2.05, 4.69) is 10.5 Å². The lowest BCUT2D eigenvalue weighted by molar-refractivity contribution is 0.0951. The van der Waals surface area contributed by atoms with Crippen molar-refractivity contribution < 1.29 is 14.6 Å². The highest BCUT2D eigenvalue weighted by atomic mass is 16.5. The van der Waals surface area contributed by atoms with Gasteiger partial charge in [-0.15, -0.1) is 0 Å². The molecule has 0 aliphatic carbocycles. The molecule has 5 nitrogen and oxygen atoms in total. The molecule has 2 aromatic rings. The number of hydrogen-bond acceptors (Lipinski definition) is 4. The summed E-state index contributed by atoms with van der Waals surface area (Å²) < 4.78 is 5.54. The molecule has 0 unspecified atom stereocenters. The largest absolute Gasteiger partial charge is 0.508 e. The van der Waals surface area contributed by atoms with Crippen LogP contribution in [0.4, 0.5) is 0 Å². The molecule has 2 rings (SSSR count). The number of phenolic OH excluding ortho intramolecular Hbond substituents is 1. The molecule has 0 aliphatic heterocycles. The van der Waals surface area contributed by atoms with Gasteiger partial charge in [0.15, 0.2) is 0 Å². The van der Waals surface area contributed by atoms with E-state index in [-0.39, 0.29) is 11.7 Å². The molecule has 0 atom stereocenters. The molecule has 114 valence electrons. The van der Waals surface area contributed by atoms with Crippen molar-refractivity contribution >= 4 is 12.1 Å². The zero-order valence-corrected chi connectivity index (χ0v) is 12.3. The minimum absolute atomic E-state index is 0.147. The van der Waals surface area contributed by atoms with Gasteiger partial charge in [-0.2, -0.15) is 5.10 Å². The van der Waals surface area contributed by atoms with E-state index in [9.17, 15) is 9.90 Å². The molecule has 0 spiro atoms. The fourth-order valence-electron chi connectivity index (χ4n) is 1.82. The number of aromatic hydroxyl groups is 1. The Bertz CT molecular complexity index is 668. The molecule has 2 aromatic carbocycles. The highest BCUT2D eigenvalue weighted by molar-refractivity contribution is 5.97. The number of benzene rings is 2. The lowest BCUT2D eigenvalue weighted by Gasteiger charge is -2.09. The summed E-state index contributed by atoms with van der Waals surface area (Å²) in [6.45, 7) is 2.55. The van der Waals surface area contributed by atoms with Crippen LogP contribution in [0.25, 0.3) is 0 Å². The minimum Gasteiger partial charge on any atom is -0.508 e. The van der Waals surface area contributed by atoms with Crippen molar-refractivity contribution in [2.24, 2.45) is 5.10 Å². The molecule has 5 heteroatoms. The molecule has 0 saturated carbocycles. The Hall–Kier alpha value is -2.82. The Balaban J connectivity index is 2.03. The van der Waals surface area contributed by atoms with Gasteiger partial charge in [0.1, 0.15) is 11.5 Å². The van der Waals surface area contributed by atoms with Crippen LogP contribution < -0.4 is 10.2 Å². The standard InChI is InChI=1S/C17H18N2O3/c1-2-10-22-16-9-4-3-8-15(16)17(21)19-18-12-13-6-5-7-14(20)11-13/h3-9,11-12,20H,2,10H2,1H3,(H,19,21). The van der Waals surface area contributed by atoms with E-state index in [1.807, 2.05) is 13.0 Å². The molecule has 22 heavy (non-hydrogen) atoms. The van der Waals surface area contributed by atoms with Crippen molar-refractivity contribution in [3.63, 3.8) is 0 Å². The van der Waals surface area contributed by atoms with Crippen LogP contribution in [0.15, 0.2) is 53.6 Å². The second-order valence-corrected chi connectivity index (χ2v) is 4.64. The lowest BCUT2D eigenvalue weighted by Crippen LogP contribution is -2.18. The molecule has 0 aliphatic rings. The molecular formula is C17H18N2O3. The minimum atomic E-state index is -0.344. The van der Waals surface area contributed by atoms with Crippen molar-refractivity contribution in [2.75, 3.05) is 6.61 Å². The maximum atomic E-state index is 12.1. The number of amides is 1. The lowest BCUT2D eigenvalue weighted by atomic mass is 10.2. The van der Waals surface area contributed by atoms with Gasteiger partial charge in [0.25, 0.3) is 5.91 Å². The first kappa shape index (κ1) is 15.6. The van der Waals surface area contributed by atoms with Gasteiger partial charge in [-0.1, -0.05) is 31.2 Å². The second kappa shape index (κ2) is 7.83. The molecular weight excluding hydrogens is 280 g/mol. The maximum Gasteiger partial charge on any atom is 0.275 e. The third kappa shape index (κ3) is 4.34. The van der Waals surface area contributed by atoms with Gasteiger partial charge in [0.2, 0.25) is 0 Å². The van der Waals surface area contributed by atoms with E-state index < -0.39 is 0 Å². The molecule has 0 saturated heterocycles. The molecule has 0 fully saturated rings. The van der Waals surface area contributed by atoms with Crippen LogP contribution in [-0.2, 0) is 0 Å². The number of phenols is 1. The number of ether oxygens (including phenoxy) is 1. The van der Waals surface area contributed by atoms with Crippen LogP contribution in [-0.4, -0.2) is 23.8 Å². The number of hydrazone groups is 1. The van der Waals surface area contributed by atoms with Gasteiger partial charge in [-0.25, -0.2) is 5.43 Å². The van der Waals surface area contributed by atoms with Crippen molar-refractivity contribution in [1.29, 1.82) is 0 Å². The summed E-state index contributed by atoms with van der Waals surface area (Å²) in [5, 5.41) is 13.2. The fraction of sp³-hybridized carbons (Fsp3) is 0.176. The van der Waals surface area contributed by atoms with Gasteiger partial charge >= 0.3 is 0 Å². The molecule has 2 N–H and O–H groups in total. The van der Waals surface area contributed by atoms with Gasteiger partial charge in [0, 0.05) is 0 Å². The summed E-state index contributed by atoms with van der Waals surface area (Å²) in [6, 6.07) is 13.6. The van der Waals surface area contributed by atoms with E-state index in [0.29, 0.717) is 23.5 Å². The van der Waals surface area contributed by atoms with Crippen molar-refractivity contribution in [2.45, 2.75) is 13.3 Å². The summed E-state index contributed by atoms with van der Waals surface area (Å²) in [4.78, 5) is 12.1. The van der Waals surface area contributed by atoms with E-state index in [4.69, 9.17) is 4.74 Å². The van der Waals surface area contributed by atoms with Crippen molar-refractivity contribution in [1.82, 2.24) is 5.43 Å². The third-order valence-electron chi connectivity index (χ3n) is 2.84. The summed E-state index contributed by atoms with van der Waals surface area (Å²) in [7, 11) is 0. The summed E-state index contributed by atoms with van der Waals surface area (Å²) in [5.41, 5.74) is 3.58. The normalized spacial score (nSPS) is 10.6. The van der Waals surface area contributed by atoms with Crippen LogP contribution in [0, 0.1) is 0 Å². The summed E-state index contributed by atoms with van der Waals surface area (Å²) in [6.07, 6.45) is 2.33. The number of rotatable bonds is 6. The van der Waals surface area contributed by atoms with E-state index in [0.717, 1.165) is 6.42 Å². The quantitative estimate of drug-likeness (QED) is 0.636. The zero-order valence-electron chi connectivity index (χ0n) is 12.3. The first-order chi connectivity index (χ1) is 10.7. The number of hydrogen-bond donors (Lipinski definition) is 2. The second-order valence-electron chi connectivity index (χ2n) is 4.64. The topological polar surface area (TPSA) is 70.9 Å². The molecule has 0 heterocycles. The molecule has 1 amide bonds. The fourth-order valence-corrected chi connectivity index (χ4v) is 1.82. The van der Waals surface area contributed by atoms with Gasteiger partial charge < -0.3 is 9.84 Å². The first-order valence-corrected chi connectivity index (χ1v) is 7.05. The maximum absolute atomic E-state index is 12.1. The number of nitrogens with zero attached hydrogens (tertiary/aromatic N) is 1. The number of para-hydroxylation sites is 1. The predicted octanol–water partition coefficient (Wildman–Crippen LogP) is 2.94. The number of carbonyl (C=O) groups excluding carboxylic acids is 1. The van der Waals surface area contributed by atoms with Gasteiger partial charge in [-0.3, -0.25) is 4.79 Å². The Kier molecular flexibility index (Phi) is 5.54. The number of carbonyl (C=O) groups is 1. The summed E-state index contributed by atoms with van der Waals surface area (Å²) in [5.74, 6) is 0.339. The number of nitrogens with one attached hydrogen (secondary N) is 1. The van der Waals surface area contributed by atoms with Crippen LogP contribution in [0.3, 0.4) is 0 Å². The van der Waals surface area contributed by atoms with Crippen molar-refractivity contribution in [3.8, 4) is 11.5 Å². The van der Waals surface area contributed by atoms with E-state index in [1.165, 1.54) is 6.21 Å². The summed E-state index contributed by atoms with van der Waals surface area (Å²) >= 11 is 0. The van der Waals surface area contributed by atoms with Crippen LogP contribution >= 0.6 is 0 Å². The Morgan fingerprint density at radius 3 is 2.86 bits per heavy atom. The Morgan fingerprint density at radius 2 is 2.09 bits per heavy atom. The third-order valence-corrected chi connectivity index (χ3v) is 2.84. The highest BCUT2D eigenvalue weighted by Crippen LogP contribution is 2.18. The first-order valence-electron chi connectivity index (χ1n) is 7.05. The van der Waals surface area contributed by atoms with Crippen LogP contribution in [0.2, 0.25) is 0 Å². The average Bonchev–Trinajstić information content (AvgIpc) is 2.53. The predicted molar refractivity (Wildman–Crippen MR) is 85.4 cm³/mol. The van der Waals surface area contributed by atoms with Gasteiger partial charge in [-0.05, 0) is 36.2 Å². The van der Waals surface area contributed by atoms with E-state index >= 15 is 0 Å².